The molecule has 0 aliphatic carbocycles. The Bertz CT molecular complexity index is 924. The van der Waals surface area contributed by atoms with E-state index in [0.717, 1.165) is 30.8 Å². The van der Waals surface area contributed by atoms with Gasteiger partial charge in [0.25, 0.3) is 0 Å². The minimum atomic E-state index is -1.00. The minimum absolute atomic E-state index is 0.214. The van der Waals surface area contributed by atoms with Gasteiger partial charge in [-0.15, -0.1) is 0 Å². The molecule has 1 aliphatic rings. The Kier molecular flexibility index (Phi) is 5.86. The van der Waals surface area contributed by atoms with Crippen molar-refractivity contribution >= 4 is 6.09 Å². The van der Waals surface area contributed by atoms with Crippen molar-refractivity contribution in [3.8, 4) is 0 Å². The minimum Gasteiger partial charge on any atom is -0.465 e. The molecule has 1 fully saturated rings. The highest BCUT2D eigenvalue weighted by atomic mass is 16.5. The van der Waals surface area contributed by atoms with Crippen LogP contribution in [0.5, 0.6) is 0 Å². The third-order valence-electron chi connectivity index (χ3n) is 5.23. The van der Waals surface area contributed by atoms with Crippen LogP contribution in [-0.2, 0) is 6.42 Å². The second-order valence-electron chi connectivity index (χ2n) is 7.37. The molecule has 1 atom stereocenters. The predicted molar refractivity (Wildman–Crippen MR) is 108 cm³/mol. The van der Waals surface area contributed by atoms with E-state index in [2.05, 4.69) is 32.5 Å². The van der Waals surface area contributed by atoms with Gasteiger partial charge in [0.15, 0.2) is 5.82 Å². The molecule has 2 aromatic carbocycles. The van der Waals surface area contributed by atoms with E-state index in [1.165, 1.54) is 0 Å². The predicted octanol–water partition coefficient (Wildman–Crippen LogP) is 3.46. The molecule has 1 aromatic heterocycles. The van der Waals surface area contributed by atoms with Crippen LogP contribution in [-0.4, -0.2) is 45.9 Å². The second-order valence-corrected chi connectivity index (χ2v) is 7.37. The van der Waals surface area contributed by atoms with Crippen molar-refractivity contribution in [3.63, 3.8) is 0 Å². The van der Waals surface area contributed by atoms with Gasteiger partial charge < -0.3 is 19.8 Å². The van der Waals surface area contributed by atoms with Gasteiger partial charge in [0, 0.05) is 26.1 Å². The van der Waals surface area contributed by atoms with Crippen LogP contribution in [0.25, 0.3) is 0 Å². The van der Waals surface area contributed by atoms with Gasteiger partial charge in [-0.05, 0) is 17.5 Å². The van der Waals surface area contributed by atoms with Crippen LogP contribution in [0, 0.1) is 0 Å². The van der Waals surface area contributed by atoms with Gasteiger partial charge in [0.1, 0.15) is 0 Å². The summed E-state index contributed by atoms with van der Waals surface area (Å²) in [5.74, 6) is 1.64. The van der Waals surface area contributed by atoms with Gasteiger partial charge in [0.05, 0.1) is 12.0 Å². The third-order valence-corrected chi connectivity index (χ3v) is 5.23. The first kappa shape index (κ1) is 19.1. The van der Waals surface area contributed by atoms with Crippen LogP contribution < -0.4 is 5.32 Å². The Balaban J connectivity index is 1.27. The van der Waals surface area contributed by atoms with Crippen LogP contribution in [0.15, 0.2) is 65.2 Å². The monoisotopic (exact) mass is 392 g/mol. The average molecular weight is 392 g/mol. The summed E-state index contributed by atoms with van der Waals surface area (Å²) in [5, 5.41) is 15.9. The zero-order valence-electron chi connectivity index (χ0n) is 16.1. The maximum absolute atomic E-state index is 11.1. The average Bonchev–Trinajstić information content (AvgIpc) is 3.15. The number of likely N-dealkylation sites (tertiary alicyclic amines) is 1. The summed E-state index contributed by atoms with van der Waals surface area (Å²) in [7, 11) is 0. The molecule has 4 rings (SSSR count). The molecule has 1 saturated heterocycles. The standard InChI is InChI=1S/C22H24N4O3/c27-22(28)23-19(17-9-5-2-6-10-17)11-12-26-14-18(15-26)21-24-20(25-29-21)13-16-7-3-1-4-8-16/h1-10,18-19,23H,11-15H2,(H,27,28)/t19-/m0/s1. The van der Waals surface area contributed by atoms with Crippen molar-refractivity contribution in [2.24, 2.45) is 0 Å². The fraction of sp³-hybridized carbons (Fsp3) is 0.318. The van der Waals surface area contributed by atoms with Crippen LogP contribution in [0.1, 0.15) is 41.2 Å². The van der Waals surface area contributed by atoms with Crippen molar-refractivity contribution in [3.05, 3.63) is 83.5 Å². The zero-order chi connectivity index (χ0) is 20.1. The van der Waals surface area contributed by atoms with Crippen molar-refractivity contribution in [2.45, 2.75) is 24.8 Å². The second kappa shape index (κ2) is 8.87. The molecule has 150 valence electrons. The SMILES string of the molecule is O=C(O)N[C@@H](CCN1CC(c2nc(Cc3ccccc3)no2)C1)c1ccccc1. The summed E-state index contributed by atoms with van der Waals surface area (Å²) >= 11 is 0. The van der Waals surface area contributed by atoms with E-state index >= 15 is 0 Å². The number of carboxylic acid groups (broad SMARTS) is 1. The normalized spacial score (nSPS) is 15.6. The third kappa shape index (κ3) is 5.00. The smallest absolute Gasteiger partial charge is 0.405 e. The fourth-order valence-electron chi connectivity index (χ4n) is 3.66. The van der Waals surface area contributed by atoms with Crippen LogP contribution in [0.3, 0.4) is 0 Å². The first-order valence-corrected chi connectivity index (χ1v) is 9.80. The lowest BCUT2D eigenvalue weighted by Crippen LogP contribution is -2.46. The summed E-state index contributed by atoms with van der Waals surface area (Å²) < 4.78 is 5.46. The molecular formula is C22H24N4O3. The van der Waals surface area contributed by atoms with E-state index in [-0.39, 0.29) is 12.0 Å². The molecule has 1 amide bonds. The molecule has 7 nitrogen and oxygen atoms in total. The number of amides is 1. The highest BCUT2D eigenvalue weighted by Gasteiger charge is 2.32. The van der Waals surface area contributed by atoms with E-state index in [9.17, 15) is 4.79 Å². The largest absolute Gasteiger partial charge is 0.465 e. The quantitative estimate of drug-likeness (QED) is 0.610. The summed E-state index contributed by atoms with van der Waals surface area (Å²) in [6.07, 6.45) is 0.379. The number of rotatable bonds is 8. The van der Waals surface area contributed by atoms with Crippen LogP contribution in [0.2, 0.25) is 0 Å². The van der Waals surface area contributed by atoms with Crippen molar-refractivity contribution < 1.29 is 14.4 Å². The van der Waals surface area contributed by atoms with Gasteiger partial charge in [-0.3, -0.25) is 0 Å². The topological polar surface area (TPSA) is 91.5 Å². The maximum Gasteiger partial charge on any atom is 0.405 e. The molecule has 0 radical (unpaired) electrons. The molecule has 3 aromatic rings. The van der Waals surface area contributed by atoms with Gasteiger partial charge in [-0.1, -0.05) is 65.8 Å². The molecule has 0 spiro atoms. The van der Waals surface area contributed by atoms with Gasteiger partial charge in [0.2, 0.25) is 5.89 Å². The Labute approximate surface area is 169 Å². The van der Waals surface area contributed by atoms with E-state index in [0.29, 0.717) is 24.6 Å². The van der Waals surface area contributed by atoms with E-state index in [1.54, 1.807) is 0 Å². The zero-order valence-corrected chi connectivity index (χ0v) is 16.1. The van der Waals surface area contributed by atoms with E-state index in [4.69, 9.17) is 9.63 Å². The van der Waals surface area contributed by atoms with E-state index in [1.807, 2.05) is 48.5 Å². The number of benzene rings is 2. The number of nitrogens with one attached hydrogen (secondary N) is 1. The highest BCUT2D eigenvalue weighted by molar-refractivity contribution is 5.65. The van der Waals surface area contributed by atoms with Crippen molar-refractivity contribution in [2.75, 3.05) is 19.6 Å². The Hall–Kier alpha value is -3.19. The molecule has 1 aliphatic heterocycles. The first-order valence-electron chi connectivity index (χ1n) is 9.80. The molecular weight excluding hydrogens is 368 g/mol. The lowest BCUT2D eigenvalue weighted by atomic mass is 9.97. The summed E-state index contributed by atoms with van der Waals surface area (Å²) in [6, 6.07) is 19.6. The van der Waals surface area contributed by atoms with Crippen molar-refractivity contribution in [1.29, 1.82) is 0 Å². The van der Waals surface area contributed by atoms with Gasteiger partial charge in [-0.2, -0.15) is 4.98 Å². The number of carbonyl (C=O) groups is 1. The fourth-order valence-corrected chi connectivity index (χ4v) is 3.66. The molecule has 2 heterocycles. The number of hydrogen-bond acceptors (Lipinski definition) is 5. The number of nitrogens with zero attached hydrogens (tertiary/aromatic N) is 3. The van der Waals surface area contributed by atoms with Crippen molar-refractivity contribution in [1.82, 2.24) is 20.4 Å². The number of hydrogen-bond donors (Lipinski definition) is 2. The molecule has 0 unspecified atom stereocenters. The molecule has 0 bridgehead atoms. The maximum atomic E-state index is 11.1. The summed E-state index contributed by atoms with van der Waals surface area (Å²) in [6.45, 7) is 2.50. The van der Waals surface area contributed by atoms with Crippen LogP contribution in [0.4, 0.5) is 4.79 Å². The van der Waals surface area contributed by atoms with Gasteiger partial charge in [-0.25, -0.2) is 4.79 Å². The lowest BCUT2D eigenvalue weighted by Gasteiger charge is -2.37. The van der Waals surface area contributed by atoms with Crippen LogP contribution >= 0.6 is 0 Å². The molecule has 0 saturated carbocycles. The summed E-state index contributed by atoms with van der Waals surface area (Å²) in [5.41, 5.74) is 2.14. The first-order chi connectivity index (χ1) is 14.2. The lowest BCUT2D eigenvalue weighted by molar-refractivity contribution is 0.118. The Morgan fingerprint density at radius 1 is 1.14 bits per heavy atom. The number of aromatic nitrogens is 2. The molecule has 2 N–H and O–H groups in total. The highest BCUT2D eigenvalue weighted by Crippen LogP contribution is 2.27. The Morgan fingerprint density at radius 2 is 1.83 bits per heavy atom. The molecule has 7 heteroatoms. The Morgan fingerprint density at radius 3 is 2.52 bits per heavy atom. The summed E-state index contributed by atoms with van der Waals surface area (Å²) in [4.78, 5) is 18.0. The van der Waals surface area contributed by atoms with Gasteiger partial charge >= 0.3 is 6.09 Å². The van der Waals surface area contributed by atoms with E-state index < -0.39 is 6.09 Å². The molecule has 29 heavy (non-hydrogen) atoms.